The van der Waals surface area contributed by atoms with Crippen molar-refractivity contribution in [3.05, 3.63) is 42.4 Å². The van der Waals surface area contributed by atoms with Crippen LogP contribution in [0.5, 0.6) is 11.5 Å². The molecule has 0 atom stereocenters. The van der Waals surface area contributed by atoms with Crippen molar-refractivity contribution in [1.82, 2.24) is 15.3 Å². The molecule has 28 heavy (non-hydrogen) atoms. The number of ether oxygens (including phenoxy) is 1. The predicted octanol–water partition coefficient (Wildman–Crippen LogP) is 3.48. The summed E-state index contributed by atoms with van der Waals surface area (Å²) in [5.74, 6) is 0.973. The summed E-state index contributed by atoms with van der Waals surface area (Å²) in [5, 5.41) is 4.74. The van der Waals surface area contributed by atoms with Crippen LogP contribution in [0.3, 0.4) is 0 Å². The van der Waals surface area contributed by atoms with Gasteiger partial charge in [0.05, 0.1) is 11.9 Å². The second kappa shape index (κ2) is 9.07. The number of pyridine rings is 2. The van der Waals surface area contributed by atoms with Gasteiger partial charge in [0.15, 0.2) is 0 Å². The van der Waals surface area contributed by atoms with Crippen LogP contribution in [-0.2, 0) is 16.0 Å². The molecule has 0 saturated carbocycles. The number of amides is 3. The summed E-state index contributed by atoms with van der Waals surface area (Å²) in [6.07, 6.45) is 3.74. The van der Waals surface area contributed by atoms with Crippen molar-refractivity contribution >= 4 is 23.5 Å². The molecule has 148 valence electrons. The quantitative estimate of drug-likeness (QED) is 0.789. The normalized spacial score (nSPS) is 10.9. The molecule has 2 aromatic rings. The Morgan fingerprint density at radius 3 is 2.43 bits per heavy atom. The molecular formula is C20H24N4O4. The maximum absolute atomic E-state index is 11.8. The average Bonchev–Trinajstić information content (AvgIpc) is 2.62. The number of Topliss-reactive ketones (excluding diaryl/α,β-unsaturated/α-hetero) is 1. The van der Waals surface area contributed by atoms with Crippen molar-refractivity contribution in [1.29, 1.82) is 0 Å². The van der Waals surface area contributed by atoms with E-state index < -0.39 is 11.4 Å². The van der Waals surface area contributed by atoms with Crippen LogP contribution >= 0.6 is 0 Å². The predicted molar refractivity (Wildman–Crippen MR) is 104 cm³/mol. The Balaban J connectivity index is 1.96. The van der Waals surface area contributed by atoms with Crippen LogP contribution in [0.1, 0.15) is 39.8 Å². The smallest absolute Gasteiger partial charge is 0.327 e. The van der Waals surface area contributed by atoms with Crippen molar-refractivity contribution < 1.29 is 19.1 Å². The van der Waals surface area contributed by atoms with E-state index in [4.69, 9.17) is 4.74 Å². The van der Waals surface area contributed by atoms with Gasteiger partial charge in [-0.15, -0.1) is 0 Å². The zero-order valence-corrected chi connectivity index (χ0v) is 16.4. The fourth-order valence-electron chi connectivity index (χ4n) is 2.03. The minimum Gasteiger partial charge on any atom is -0.456 e. The van der Waals surface area contributed by atoms with Gasteiger partial charge in [-0.25, -0.2) is 9.78 Å². The molecule has 0 aromatic carbocycles. The lowest BCUT2D eigenvalue weighted by molar-refractivity contribution is -0.127. The lowest BCUT2D eigenvalue weighted by atomic mass is 9.96. The van der Waals surface area contributed by atoms with Gasteiger partial charge in [-0.1, -0.05) is 27.7 Å². The molecule has 0 aliphatic carbocycles. The number of aromatic nitrogens is 2. The van der Waals surface area contributed by atoms with E-state index in [1.54, 1.807) is 51.2 Å². The van der Waals surface area contributed by atoms with E-state index in [1.165, 1.54) is 6.20 Å². The van der Waals surface area contributed by atoms with E-state index in [0.29, 0.717) is 23.6 Å². The second-order valence-electron chi connectivity index (χ2n) is 7.19. The van der Waals surface area contributed by atoms with Gasteiger partial charge in [0, 0.05) is 30.5 Å². The van der Waals surface area contributed by atoms with Crippen molar-refractivity contribution in [3.63, 3.8) is 0 Å². The van der Waals surface area contributed by atoms with Crippen LogP contribution < -0.4 is 15.4 Å². The van der Waals surface area contributed by atoms with Gasteiger partial charge < -0.3 is 4.74 Å². The van der Waals surface area contributed by atoms with E-state index in [-0.39, 0.29) is 23.9 Å². The third-order valence-electron chi connectivity index (χ3n) is 3.68. The van der Waals surface area contributed by atoms with E-state index in [0.717, 1.165) is 0 Å². The Labute approximate surface area is 163 Å². The first-order chi connectivity index (χ1) is 13.2. The molecule has 0 unspecified atom stereocenters. The number of nitrogens with one attached hydrogen (secondary N) is 2. The third-order valence-corrected chi connectivity index (χ3v) is 3.68. The first-order valence-corrected chi connectivity index (χ1v) is 8.90. The fraction of sp³-hybridized carbons (Fsp3) is 0.350. The van der Waals surface area contributed by atoms with Crippen LogP contribution in [0.25, 0.3) is 0 Å². The van der Waals surface area contributed by atoms with Crippen molar-refractivity contribution in [2.45, 2.75) is 40.5 Å². The van der Waals surface area contributed by atoms with Gasteiger partial charge in [0.1, 0.15) is 23.1 Å². The molecule has 0 fully saturated rings. The van der Waals surface area contributed by atoms with E-state index in [2.05, 4.69) is 20.6 Å². The number of anilines is 1. The topological polar surface area (TPSA) is 110 Å². The van der Waals surface area contributed by atoms with Crippen LogP contribution in [0.4, 0.5) is 10.6 Å². The Hall–Kier alpha value is -3.29. The third kappa shape index (κ3) is 6.46. The molecule has 8 heteroatoms. The molecule has 8 nitrogen and oxygen atoms in total. The highest BCUT2D eigenvalue weighted by Crippen LogP contribution is 2.22. The van der Waals surface area contributed by atoms with Crippen LogP contribution in [0, 0.1) is 5.41 Å². The maximum atomic E-state index is 11.8. The standard InChI is InChI=1S/C20H24N4O4/c1-5-14(25)10-13-11-15(8-9-21-13)28-16-6-7-17(22-12-16)23-19(27)24-18(26)20(2,3)4/h6-9,11-12H,5,10H2,1-4H3,(H2,22,23,24,26,27). The summed E-state index contributed by atoms with van der Waals surface area (Å²) in [4.78, 5) is 43.4. The lowest BCUT2D eigenvalue weighted by Crippen LogP contribution is -2.41. The maximum Gasteiger partial charge on any atom is 0.327 e. The minimum atomic E-state index is -0.673. The van der Waals surface area contributed by atoms with Gasteiger partial charge in [-0.3, -0.25) is 25.2 Å². The molecule has 0 saturated heterocycles. The zero-order chi connectivity index (χ0) is 20.7. The largest absolute Gasteiger partial charge is 0.456 e. The van der Waals surface area contributed by atoms with Crippen molar-refractivity contribution in [2.75, 3.05) is 5.32 Å². The van der Waals surface area contributed by atoms with E-state index in [1.807, 2.05) is 6.92 Å². The number of urea groups is 1. The molecule has 0 bridgehead atoms. The number of carbonyl (C=O) groups excluding carboxylic acids is 3. The van der Waals surface area contributed by atoms with Crippen LogP contribution in [-0.4, -0.2) is 27.7 Å². The number of carbonyl (C=O) groups is 3. The molecule has 2 rings (SSSR count). The van der Waals surface area contributed by atoms with Gasteiger partial charge in [-0.2, -0.15) is 0 Å². The number of rotatable bonds is 6. The number of nitrogens with zero attached hydrogens (tertiary/aromatic N) is 2. The molecule has 2 heterocycles. The van der Waals surface area contributed by atoms with E-state index >= 15 is 0 Å². The van der Waals surface area contributed by atoms with Gasteiger partial charge in [0.25, 0.3) is 0 Å². The van der Waals surface area contributed by atoms with Crippen molar-refractivity contribution in [2.24, 2.45) is 5.41 Å². The molecular weight excluding hydrogens is 360 g/mol. The van der Waals surface area contributed by atoms with Crippen LogP contribution in [0.15, 0.2) is 36.7 Å². The molecule has 3 amide bonds. The minimum absolute atomic E-state index is 0.102. The zero-order valence-electron chi connectivity index (χ0n) is 16.4. The molecule has 0 aliphatic rings. The number of hydrogen-bond acceptors (Lipinski definition) is 6. The first-order valence-electron chi connectivity index (χ1n) is 8.90. The summed E-state index contributed by atoms with van der Waals surface area (Å²) >= 11 is 0. The van der Waals surface area contributed by atoms with Crippen molar-refractivity contribution in [3.8, 4) is 11.5 Å². The highest BCUT2D eigenvalue weighted by Gasteiger charge is 2.23. The summed E-state index contributed by atoms with van der Waals surface area (Å²) in [6, 6.07) is 5.91. The average molecular weight is 384 g/mol. The Bertz CT molecular complexity index is 857. The van der Waals surface area contributed by atoms with Gasteiger partial charge in [0.2, 0.25) is 5.91 Å². The summed E-state index contributed by atoms with van der Waals surface area (Å²) in [6.45, 7) is 6.94. The Morgan fingerprint density at radius 1 is 1.07 bits per heavy atom. The second-order valence-corrected chi connectivity index (χ2v) is 7.19. The Kier molecular flexibility index (Phi) is 6.81. The first kappa shape index (κ1) is 21.0. The number of ketones is 1. The molecule has 0 spiro atoms. The molecule has 2 aromatic heterocycles. The lowest BCUT2D eigenvalue weighted by Gasteiger charge is -2.16. The summed E-state index contributed by atoms with van der Waals surface area (Å²) < 4.78 is 5.71. The Morgan fingerprint density at radius 2 is 1.82 bits per heavy atom. The number of imide groups is 1. The fourth-order valence-corrected chi connectivity index (χ4v) is 2.03. The van der Waals surface area contributed by atoms with Gasteiger partial charge >= 0.3 is 6.03 Å². The SMILES string of the molecule is CCC(=O)Cc1cc(Oc2ccc(NC(=O)NC(=O)C(C)(C)C)nc2)ccn1. The highest BCUT2D eigenvalue weighted by molar-refractivity contribution is 6.02. The van der Waals surface area contributed by atoms with E-state index in [9.17, 15) is 14.4 Å². The molecule has 0 radical (unpaired) electrons. The van der Waals surface area contributed by atoms with Crippen LogP contribution in [0.2, 0.25) is 0 Å². The summed E-state index contributed by atoms with van der Waals surface area (Å²) in [7, 11) is 0. The summed E-state index contributed by atoms with van der Waals surface area (Å²) in [5.41, 5.74) is -0.0380. The molecule has 0 aliphatic heterocycles. The monoisotopic (exact) mass is 384 g/mol. The highest BCUT2D eigenvalue weighted by atomic mass is 16.5. The number of hydrogen-bond donors (Lipinski definition) is 2. The molecule has 2 N–H and O–H groups in total. The van der Waals surface area contributed by atoms with Gasteiger partial charge in [-0.05, 0) is 18.2 Å².